The first-order valence-electron chi connectivity index (χ1n) is 7.01. The molecule has 0 unspecified atom stereocenters. The van der Waals surface area contributed by atoms with E-state index in [0.717, 1.165) is 23.4 Å². The number of benzene rings is 2. The van der Waals surface area contributed by atoms with Crippen molar-refractivity contribution in [3.05, 3.63) is 63.9 Å². The van der Waals surface area contributed by atoms with Gasteiger partial charge >= 0.3 is 5.97 Å². The number of carbonyl (C=O) groups is 2. The molecule has 0 fully saturated rings. The van der Waals surface area contributed by atoms with Crippen molar-refractivity contribution in [1.82, 2.24) is 5.32 Å². The molecule has 24 heavy (non-hydrogen) atoms. The maximum Gasteiger partial charge on any atom is 0.339 e. The van der Waals surface area contributed by atoms with Crippen molar-refractivity contribution in [2.45, 2.75) is 6.54 Å². The Labute approximate surface area is 146 Å². The van der Waals surface area contributed by atoms with Crippen LogP contribution in [-0.4, -0.2) is 25.6 Å². The molecule has 0 aliphatic rings. The van der Waals surface area contributed by atoms with Crippen molar-refractivity contribution in [2.75, 3.05) is 13.7 Å². The van der Waals surface area contributed by atoms with E-state index in [9.17, 15) is 14.0 Å². The van der Waals surface area contributed by atoms with Gasteiger partial charge in [-0.05, 0) is 51.8 Å². The third kappa shape index (κ3) is 5.06. The van der Waals surface area contributed by atoms with Gasteiger partial charge in [0.2, 0.25) is 0 Å². The fourth-order valence-electron chi connectivity index (χ4n) is 1.86. The van der Waals surface area contributed by atoms with Crippen LogP contribution in [0.5, 0.6) is 5.75 Å². The molecule has 1 amide bonds. The largest absolute Gasteiger partial charge is 0.497 e. The lowest BCUT2D eigenvalue weighted by Gasteiger charge is -2.08. The van der Waals surface area contributed by atoms with Gasteiger partial charge in [0.05, 0.1) is 12.7 Å². The van der Waals surface area contributed by atoms with Gasteiger partial charge in [-0.1, -0.05) is 12.1 Å². The van der Waals surface area contributed by atoms with Crippen molar-refractivity contribution in [3.63, 3.8) is 0 Å². The number of carbonyl (C=O) groups excluding carboxylic acids is 2. The molecule has 0 aliphatic carbocycles. The van der Waals surface area contributed by atoms with Gasteiger partial charge in [0, 0.05) is 11.0 Å². The molecule has 2 rings (SSSR count). The Balaban J connectivity index is 1.80. The van der Waals surface area contributed by atoms with Gasteiger partial charge in [-0.3, -0.25) is 4.79 Å². The Morgan fingerprint density at radius 2 is 1.88 bits per heavy atom. The van der Waals surface area contributed by atoms with E-state index in [0.29, 0.717) is 6.54 Å². The third-order valence-corrected chi connectivity index (χ3v) is 3.79. The SMILES string of the molecule is COc1ccc(CNC(=O)COC(=O)c2ccc(F)cc2Br)cc1. The number of methoxy groups -OCH3 is 1. The van der Waals surface area contributed by atoms with Crippen LogP contribution in [-0.2, 0) is 16.1 Å². The van der Waals surface area contributed by atoms with E-state index < -0.39 is 24.3 Å². The Morgan fingerprint density at radius 1 is 1.17 bits per heavy atom. The molecule has 0 bridgehead atoms. The number of hydrogen-bond donors (Lipinski definition) is 1. The lowest BCUT2D eigenvalue weighted by Crippen LogP contribution is -2.28. The summed E-state index contributed by atoms with van der Waals surface area (Å²) >= 11 is 3.08. The molecule has 1 N–H and O–H groups in total. The normalized spacial score (nSPS) is 10.1. The van der Waals surface area contributed by atoms with Crippen molar-refractivity contribution in [2.24, 2.45) is 0 Å². The fraction of sp³-hybridized carbons (Fsp3) is 0.176. The molecule has 2 aromatic rings. The lowest BCUT2D eigenvalue weighted by molar-refractivity contribution is -0.124. The van der Waals surface area contributed by atoms with Crippen LogP contribution in [0.25, 0.3) is 0 Å². The van der Waals surface area contributed by atoms with E-state index in [2.05, 4.69) is 21.2 Å². The average Bonchev–Trinajstić information content (AvgIpc) is 2.58. The van der Waals surface area contributed by atoms with Crippen LogP contribution in [0.3, 0.4) is 0 Å². The highest BCUT2D eigenvalue weighted by molar-refractivity contribution is 9.10. The Morgan fingerprint density at radius 3 is 2.50 bits per heavy atom. The number of amides is 1. The minimum Gasteiger partial charge on any atom is -0.497 e. The second-order valence-corrected chi connectivity index (χ2v) is 5.68. The summed E-state index contributed by atoms with van der Waals surface area (Å²) in [5.41, 5.74) is 1.04. The number of halogens is 2. The summed E-state index contributed by atoms with van der Waals surface area (Å²) in [7, 11) is 1.57. The Kier molecular flexibility index (Phi) is 6.31. The average molecular weight is 396 g/mol. The van der Waals surface area contributed by atoms with Crippen LogP contribution in [0.1, 0.15) is 15.9 Å². The zero-order valence-corrected chi connectivity index (χ0v) is 14.4. The number of ether oxygens (including phenoxy) is 2. The van der Waals surface area contributed by atoms with Gasteiger partial charge in [-0.25, -0.2) is 9.18 Å². The molecule has 0 heterocycles. The quantitative estimate of drug-likeness (QED) is 0.763. The maximum atomic E-state index is 13.0. The predicted octanol–water partition coefficient (Wildman–Crippen LogP) is 3.07. The van der Waals surface area contributed by atoms with Crippen LogP contribution >= 0.6 is 15.9 Å². The summed E-state index contributed by atoms with van der Waals surface area (Å²) in [5.74, 6) is -0.890. The van der Waals surface area contributed by atoms with Gasteiger partial charge < -0.3 is 14.8 Å². The van der Waals surface area contributed by atoms with E-state index >= 15 is 0 Å². The smallest absolute Gasteiger partial charge is 0.339 e. The Hall–Kier alpha value is -2.41. The highest BCUT2D eigenvalue weighted by Gasteiger charge is 2.14. The monoisotopic (exact) mass is 395 g/mol. The summed E-state index contributed by atoms with van der Waals surface area (Å²) in [6, 6.07) is 10.8. The van der Waals surface area contributed by atoms with E-state index in [-0.39, 0.29) is 10.0 Å². The summed E-state index contributed by atoms with van der Waals surface area (Å²) in [4.78, 5) is 23.6. The zero-order chi connectivity index (χ0) is 17.5. The van der Waals surface area contributed by atoms with Gasteiger partial charge in [-0.2, -0.15) is 0 Å². The summed E-state index contributed by atoms with van der Waals surface area (Å²) in [6.45, 7) is -0.112. The van der Waals surface area contributed by atoms with E-state index in [1.807, 2.05) is 12.1 Å². The molecule has 0 saturated heterocycles. The summed E-state index contributed by atoms with van der Waals surface area (Å²) in [5, 5.41) is 2.64. The fourth-order valence-corrected chi connectivity index (χ4v) is 2.37. The van der Waals surface area contributed by atoms with Gasteiger partial charge in [0.15, 0.2) is 6.61 Å². The van der Waals surface area contributed by atoms with Crippen LogP contribution in [0.4, 0.5) is 4.39 Å². The van der Waals surface area contributed by atoms with Crippen molar-refractivity contribution >= 4 is 27.8 Å². The Bertz CT molecular complexity index is 734. The van der Waals surface area contributed by atoms with Crippen molar-refractivity contribution in [1.29, 1.82) is 0 Å². The molecule has 0 saturated carbocycles. The van der Waals surface area contributed by atoms with Gasteiger partial charge in [0.25, 0.3) is 5.91 Å². The van der Waals surface area contributed by atoms with E-state index in [1.54, 1.807) is 19.2 Å². The highest BCUT2D eigenvalue weighted by atomic mass is 79.9. The van der Waals surface area contributed by atoms with Gasteiger partial charge in [0.1, 0.15) is 11.6 Å². The molecule has 2 aromatic carbocycles. The van der Waals surface area contributed by atoms with Crippen LogP contribution in [0.2, 0.25) is 0 Å². The second kappa shape index (κ2) is 8.44. The number of rotatable bonds is 6. The minimum atomic E-state index is -0.707. The van der Waals surface area contributed by atoms with Crippen molar-refractivity contribution < 1.29 is 23.5 Å². The lowest BCUT2D eigenvalue weighted by atomic mass is 10.2. The molecular formula is C17H15BrFNO4. The number of esters is 1. The first-order valence-corrected chi connectivity index (χ1v) is 7.80. The highest BCUT2D eigenvalue weighted by Crippen LogP contribution is 2.18. The molecule has 0 aliphatic heterocycles. The molecule has 0 aromatic heterocycles. The molecule has 0 radical (unpaired) electrons. The summed E-state index contributed by atoms with van der Waals surface area (Å²) < 4.78 is 23.2. The first-order chi connectivity index (χ1) is 11.5. The number of hydrogen-bond acceptors (Lipinski definition) is 4. The standard InChI is InChI=1S/C17H15BrFNO4/c1-23-13-5-2-11(3-6-13)9-20-16(21)10-24-17(22)14-7-4-12(19)8-15(14)18/h2-8H,9-10H2,1H3,(H,20,21). The summed E-state index contributed by atoms with van der Waals surface area (Å²) in [6.07, 6.45) is 0. The second-order valence-electron chi connectivity index (χ2n) is 4.83. The van der Waals surface area contributed by atoms with E-state index in [1.165, 1.54) is 6.07 Å². The zero-order valence-electron chi connectivity index (χ0n) is 12.8. The number of nitrogens with one attached hydrogen (secondary N) is 1. The molecule has 0 spiro atoms. The van der Waals surface area contributed by atoms with Crippen LogP contribution in [0, 0.1) is 5.82 Å². The third-order valence-electron chi connectivity index (χ3n) is 3.13. The maximum absolute atomic E-state index is 13.0. The van der Waals surface area contributed by atoms with Crippen LogP contribution < -0.4 is 10.1 Å². The molecule has 0 atom stereocenters. The topological polar surface area (TPSA) is 64.6 Å². The van der Waals surface area contributed by atoms with Crippen molar-refractivity contribution in [3.8, 4) is 5.75 Å². The van der Waals surface area contributed by atoms with Crippen LogP contribution in [0.15, 0.2) is 46.9 Å². The minimum absolute atomic E-state index is 0.152. The first kappa shape index (κ1) is 17.9. The van der Waals surface area contributed by atoms with E-state index in [4.69, 9.17) is 9.47 Å². The molecular weight excluding hydrogens is 381 g/mol. The molecule has 5 nitrogen and oxygen atoms in total. The predicted molar refractivity (Wildman–Crippen MR) is 89.2 cm³/mol. The van der Waals surface area contributed by atoms with Gasteiger partial charge in [-0.15, -0.1) is 0 Å². The molecule has 7 heteroatoms. The molecule has 126 valence electrons.